The molecule has 3 N–H and O–H groups in total. The van der Waals surface area contributed by atoms with Crippen LogP contribution in [-0.2, 0) is 13.6 Å². The summed E-state index contributed by atoms with van der Waals surface area (Å²) in [7, 11) is 1.76. The summed E-state index contributed by atoms with van der Waals surface area (Å²) in [5.74, 6) is 7.02. The zero-order chi connectivity index (χ0) is 16.8. The number of carbonyl (C=O) groups is 1. The molecule has 0 saturated carbocycles. The number of nitrogen functional groups attached to an aromatic ring is 1. The number of imidazole rings is 1. The number of nitrogens with one attached hydrogen (secondary N) is 1. The molecule has 0 atom stereocenters. The second kappa shape index (κ2) is 5.50. The van der Waals surface area contributed by atoms with Crippen molar-refractivity contribution in [2.75, 3.05) is 23.4 Å². The number of hydrazine groups is 1. The van der Waals surface area contributed by atoms with Crippen LogP contribution in [0.5, 0.6) is 0 Å². The van der Waals surface area contributed by atoms with Crippen LogP contribution in [0.1, 0.15) is 16.1 Å². The number of rotatable bonds is 3. The maximum atomic E-state index is 12.8. The van der Waals surface area contributed by atoms with Crippen molar-refractivity contribution in [3.63, 3.8) is 0 Å². The molecular weight excluding hydrogens is 330 g/mol. The molecule has 0 bridgehead atoms. The summed E-state index contributed by atoms with van der Waals surface area (Å²) in [5, 5.41) is 0.681. The number of carbonyl (C=O) groups excluding carboxylic acids is 1. The van der Waals surface area contributed by atoms with Gasteiger partial charge in [0.1, 0.15) is 0 Å². The fourth-order valence-corrected chi connectivity index (χ4v) is 3.17. The van der Waals surface area contributed by atoms with Gasteiger partial charge in [0.2, 0.25) is 11.9 Å². The average molecular weight is 346 g/mol. The molecule has 4 rings (SSSR count). The van der Waals surface area contributed by atoms with Crippen molar-refractivity contribution in [2.24, 2.45) is 17.9 Å². The van der Waals surface area contributed by atoms with Crippen LogP contribution in [0.15, 0.2) is 29.3 Å². The van der Waals surface area contributed by atoms with E-state index in [0.717, 1.165) is 5.56 Å². The van der Waals surface area contributed by atoms with Gasteiger partial charge in [0, 0.05) is 18.6 Å². The third-order valence-corrected chi connectivity index (χ3v) is 4.47. The second-order valence-corrected chi connectivity index (χ2v) is 6.10. The van der Waals surface area contributed by atoms with Gasteiger partial charge in [0.05, 0.1) is 13.1 Å². The molecule has 0 spiro atoms. The Kier molecular flexibility index (Phi) is 3.43. The molecule has 0 unspecified atom stereocenters. The number of benzene rings is 1. The van der Waals surface area contributed by atoms with Crippen LogP contribution < -0.4 is 16.2 Å². The summed E-state index contributed by atoms with van der Waals surface area (Å²) in [5.41, 5.74) is 4.07. The normalized spacial score (nSPS) is 16.1. The van der Waals surface area contributed by atoms with Crippen LogP contribution in [0, 0.1) is 0 Å². The van der Waals surface area contributed by atoms with Crippen LogP contribution in [0.2, 0.25) is 5.02 Å². The lowest BCUT2D eigenvalue weighted by molar-refractivity contribution is 0.0842. The summed E-state index contributed by atoms with van der Waals surface area (Å²) < 4.78 is 1.67. The van der Waals surface area contributed by atoms with E-state index in [1.165, 1.54) is 0 Å². The Morgan fingerprint density at radius 3 is 2.79 bits per heavy atom. The van der Waals surface area contributed by atoms with Crippen LogP contribution in [0.4, 0.5) is 11.8 Å². The van der Waals surface area contributed by atoms with E-state index in [4.69, 9.17) is 17.4 Å². The smallest absolute Gasteiger partial charge is 0.281 e. The minimum atomic E-state index is -0.106. The molecule has 2 aromatic rings. The number of aromatic nitrogens is 2. The van der Waals surface area contributed by atoms with Gasteiger partial charge in [-0.15, -0.1) is 0 Å². The highest BCUT2D eigenvalue weighted by molar-refractivity contribution is 6.30. The van der Waals surface area contributed by atoms with Crippen LogP contribution in [0.25, 0.3) is 0 Å². The topological polar surface area (TPSA) is 91.8 Å². The Labute approximate surface area is 143 Å². The fraction of sp³-hybridized carbons (Fsp3) is 0.267. The van der Waals surface area contributed by atoms with Crippen molar-refractivity contribution in [1.82, 2.24) is 14.5 Å². The van der Waals surface area contributed by atoms with Crippen LogP contribution in [0.3, 0.4) is 0 Å². The number of hydrogen-bond acceptors (Lipinski definition) is 6. The van der Waals surface area contributed by atoms with Crippen LogP contribution in [-0.4, -0.2) is 39.4 Å². The fourth-order valence-electron chi connectivity index (χ4n) is 3.04. The number of amides is 1. The van der Waals surface area contributed by atoms with E-state index < -0.39 is 0 Å². The standard InChI is InChI=1S/C15H16ClN7O/c1-21-11-12(19-14(21)20-17)23(8-9-2-4-10(16)5-3-9)15-18-6-7-22(15)13(11)24/h2-5H,6-8,17H2,1H3,(H,19,20). The SMILES string of the molecule is Cn1c(NN)nc2c1C(=O)N1CCN=C1N2Cc1ccc(Cl)cc1. The van der Waals surface area contributed by atoms with E-state index in [9.17, 15) is 4.79 Å². The van der Waals surface area contributed by atoms with Crippen molar-refractivity contribution in [3.05, 3.63) is 40.5 Å². The quantitative estimate of drug-likeness (QED) is 0.644. The minimum Gasteiger partial charge on any atom is -0.306 e. The Hall–Kier alpha value is -2.58. The number of nitrogens with zero attached hydrogens (tertiary/aromatic N) is 5. The predicted molar refractivity (Wildman–Crippen MR) is 92.0 cm³/mol. The Bertz CT molecular complexity index is 842. The highest BCUT2D eigenvalue weighted by Crippen LogP contribution is 2.32. The van der Waals surface area contributed by atoms with Crippen LogP contribution >= 0.6 is 11.6 Å². The predicted octanol–water partition coefficient (Wildman–Crippen LogP) is 1.19. The number of nitrogens with two attached hydrogens (primary N) is 1. The molecule has 124 valence electrons. The van der Waals surface area contributed by atoms with Crippen molar-refractivity contribution in [3.8, 4) is 0 Å². The average Bonchev–Trinajstić information content (AvgIpc) is 3.18. The zero-order valence-electron chi connectivity index (χ0n) is 13.0. The second-order valence-electron chi connectivity index (χ2n) is 5.66. The molecular formula is C15H16ClN7O. The summed E-state index contributed by atoms with van der Waals surface area (Å²) in [6.45, 7) is 1.70. The molecule has 1 aromatic heterocycles. The van der Waals surface area contributed by atoms with Gasteiger partial charge in [0.25, 0.3) is 5.91 Å². The highest BCUT2D eigenvalue weighted by atomic mass is 35.5. The molecule has 9 heteroatoms. The highest BCUT2D eigenvalue weighted by Gasteiger charge is 2.41. The first-order chi connectivity index (χ1) is 11.6. The van der Waals surface area contributed by atoms with Gasteiger partial charge < -0.3 is 4.57 Å². The van der Waals surface area contributed by atoms with E-state index in [1.54, 1.807) is 16.5 Å². The largest absolute Gasteiger partial charge is 0.306 e. The van der Waals surface area contributed by atoms with E-state index >= 15 is 0 Å². The molecule has 0 fully saturated rings. The van der Waals surface area contributed by atoms with Crippen molar-refractivity contribution in [2.45, 2.75) is 6.54 Å². The van der Waals surface area contributed by atoms with Gasteiger partial charge in [-0.2, -0.15) is 4.98 Å². The molecule has 0 saturated heterocycles. The first kappa shape index (κ1) is 15.0. The lowest BCUT2D eigenvalue weighted by Gasteiger charge is -2.33. The lowest BCUT2D eigenvalue weighted by Crippen LogP contribution is -2.50. The molecule has 24 heavy (non-hydrogen) atoms. The summed E-state index contributed by atoms with van der Waals surface area (Å²) in [6.07, 6.45) is 0. The molecule has 1 amide bonds. The number of guanidine groups is 1. The number of hydrogen-bond donors (Lipinski definition) is 2. The van der Waals surface area contributed by atoms with Crippen molar-refractivity contribution < 1.29 is 4.79 Å². The molecule has 1 aromatic carbocycles. The van der Waals surface area contributed by atoms with Gasteiger partial charge >= 0.3 is 0 Å². The van der Waals surface area contributed by atoms with E-state index in [-0.39, 0.29) is 5.91 Å². The van der Waals surface area contributed by atoms with Gasteiger partial charge in [-0.25, -0.2) is 5.84 Å². The molecule has 3 heterocycles. The summed E-state index contributed by atoms with van der Waals surface area (Å²) >= 11 is 5.96. The summed E-state index contributed by atoms with van der Waals surface area (Å²) in [6, 6.07) is 7.57. The Balaban J connectivity index is 1.81. The van der Waals surface area contributed by atoms with E-state index in [2.05, 4.69) is 15.4 Å². The molecule has 2 aliphatic heterocycles. The maximum absolute atomic E-state index is 12.8. The number of anilines is 2. The maximum Gasteiger partial charge on any atom is 0.281 e. The molecule has 2 aliphatic rings. The van der Waals surface area contributed by atoms with Gasteiger partial charge in [-0.05, 0) is 17.7 Å². The number of fused-ring (bicyclic) bond motifs is 2. The first-order valence-corrected chi connectivity index (χ1v) is 7.89. The molecule has 8 nitrogen and oxygen atoms in total. The molecule has 0 aliphatic carbocycles. The van der Waals surface area contributed by atoms with E-state index in [1.807, 2.05) is 29.2 Å². The minimum absolute atomic E-state index is 0.106. The third kappa shape index (κ3) is 2.15. The Morgan fingerprint density at radius 2 is 2.08 bits per heavy atom. The lowest BCUT2D eigenvalue weighted by atomic mass is 10.2. The zero-order valence-corrected chi connectivity index (χ0v) is 13.8. The van der Waals surface area contributed by atoms with Crippen molar-refractivity contribution in [1.29, 1.82) is 0 Å². The third-order valence-electron chi connectivity index (χ3n) is 4.22. The number of aliphatic imine (C=N–C) groups is 1. The van der Waals surface area contributed by atoms with Gasteiger partial charge in [0.15, 0.2) is 11.5 Å². The summed E-state index contributed by atoms with van der Waals surface area (Å²) in [4.78, 5) is 25.3. The number of halogens is 1. The van der Waals surface area contributed by atoms with Gasteiger partial charge in [-0.1, -0.05) is 23.7 Å². The van der Waals surface area contributed by atoms with Gasteiger partial charge in [-0.3, -0.25) is 25.0 Å². The van der Waals surface area contributed by atoms with Crippen molar-refractivity contribution >= 4 is 35.2 Å². The molecule has 0 radical (unpaired) electrons. The van der Waals surface area contributed by atoms with E-state index in [0.29, 0.717) is 48.1 Å². The monoisotopic (exact) mass is 345 g/mol. The first-order valence-electron chi connectivity index (χ1n) is 7.52. The Morgan fingerprint density at radius 1 is 1.33 bits per heavy atom.